The number of amides is 1. The predicted octanol–water partition coefficient (Wildman–Crippen LogP) is -0.0798. The van der Waals surface area contributed by atoms with Gasteiger partial charge in [0.1, 0.15) is 18.0 Å². The van der Waals surface area contributed by atoms with Gasteiger partial charge in [0, 0.05) is 13.1 Å². The molecule has 2 heterocycles. The van der Waals surface area contributed by atoms with Gasteiger partial charge in [-0.1, -0.05) is 0 Å². The number of nitrogens with one attached hydrogen (secondary N) is 1. The molecule has 1 aliphatic heterocycles. The van der Waals surface area contributed by atoms with E-state index in [1.165, 1.54) is 19.2 Å². The molecule has 0 bridgehead atoms. The fourth-order valence-corrected chi connectivity index (χ4v) is 3.48. The van der Waals surface area contributed by atoms with E-state index in [1.54, 1.807) is 0 Å². The van der Waals surface area contributed by atoms with Crippen LogP contribution in [0, 0.1) is 0 Å². The summed E-state index contributed by atoms with van der Waals surface area (Å²) < 4.78 is 6.81. The van der Waals surface area contributed by atoms with Gasteiger partial charge in [-0.2, -0.15) is 4.98 Å². The Kier molecular flexibility index (Phi) is 5.65. The lowest BCUT2D eigenvalue weighted by atomic mass is 10.1. The van der Waals surface area contributed by atoms with E-state index in [0.717, 1.165) is 10.7 Å². The molecule has 0 unspecified atom stereocenters. The summed E-state index contributed by atoms with van der Waals surface area (Å²) in [5.41, 5.74) is -0.678. The Morgan fingerprint density at radius 1 is 1.46 bits per heavy atom. The SMILES string of the molecule is C=P(C)(C)CC[C@H]1O[C@@H](n2ccc(NC(C)=O)nc2=O)[C@H](O)[C@@H]1O. The number of carbonyl (C=O) groups is 1. The van der Waals surface area contributed by atoms with Crippen molar-refractivity contribution >= 4 is 24.9 Å². The van der Waals surface area contributed by atoms with E-state index in [1.807, 2.05) is 0 Å². The number of aromatic nitrogens is 2. The maximum Gasteiger partial charge on any atom is 0.351 e. The highest BCUT2D eigenvalue weighted by Gasteiger charge is 2.43. The normalized spacial score (nSPS) is 27.2. The van der Waals surface area contributed by atoms with Crippen LogP contribution in [0.15, 0.2) is 17.1 Å². The highest BCUT2D eigenvalue weighted by atomic mass is 31.2. The van der Waals surface area contributed by atoms with Gasteiger partial charge in [-0.25, -0.2) is 4.79 Å². The van der Waals surface area contributed by atoms with Gasteiger partial charge in [0.2, 0.25) is 5.91 Å². The molecule has 0 saturated carbocycles. The zero-order chi connectivity index (χ0) is 18.1. The van der Waals surface area contributed by atoms with Crippen molar-refractivity contribution in [1.82, 2.24) is 9.55 Å². The van der Waals surface area contributed by atoms with E-state index < -0.39 is 37.1 Å². The second-order valence-corrected chi connectivity index (χ2v) is 11.0. The summed E-state index contributed by atoms with van der Waals surface area (Å²) in [6.07, 6.45) is 2.97. The van der Waals surface area contributed by atoms with Crippen LogP contribution in [0.5, 0.6) is 0 Å². The van der Waals surface area contributed by atoms with E-state index in [9.17, 15) is 19.8 Å². The lowest BCUT2D eigenvalue weighted by Gasteiger charge is -2.18. The van der Waals surface area contributed by atoms with Crippen LogP contribution in [0.2, 0.25) is 0 Å². The average Bonchev–Trinajstić information content (AvgIpc) is 2.72. The van der Waals surface area contributed by atoms with E-state index in [-0.39, 0.29) is 11.7 Å². The van der Waals surface area contributed by atoms with Crippen molar-refractivity contribution in [3.63, 3.8) is 0 Å². The molecule has 9 heteroatoms. The summed E-state index contributed by atoms with van der Waals surface area (Å²) in [5, 5.41) is 22.8. The molecule has 1 aliphatic rings. The van der Waals surface area contributed by atoms with Gasteiger partial charge >= 0.3 is 5.69 Å². The first-order chi connectivity index (χ1) is 11.1. The molecule has 1 amide bonds. The minimum Gasteiger partial charge on any atom is -0.388 e. The quantitative estimate of drug-likeness (QED) is 0.635. The first-order valence-corrected chi connectivity index (χ1v) is 10.7. The largest absolute Gasteiger partial charge is 0.388 e. The molecule has 134 valence electrons. The Hall–Kier alpha value is -1.47. The smallest absolute Gasteiger partial charge is 0.351 e. The third kappa shape index (κ3) is 4.54. The third-order valence-corrected chi connectivity index (χ3v) is 5.23. The molecule has 1 saturated heterocycles. The number of ether oxygens (including phenoxy) is 1. The van der Waals surface area contributed by atoms with Crippen LogP contribution in [-0.4, -0.2) is 69.8 Å². The molecular weight excluding hydrogens is 333 g/mol. The van der Waals surface area contributed by atoms with Crippen molar-refractivity contribution in [3.05, 3.63) is 22.7 Å². The van der Waals surface area contributed by atoms with Crippen LogP contribution in [-0.2, 0) is 9.53 Å². The topological polar surface area (TPSA) is 114 Å². The van der Waals surface area contributed by atoms with Gasteiger partial charge in [0.25, 0.3) is 0 Å². The van der Waals surface area contributed by atoms with Crippen molar-refractivity contribution in [1.29, 1.82) is 0 Å². The molecule has 0 spiro atoms. The van der Waals surface area contributed by atoms with Crippen LogP contribution in [0.3, 0.4) is 0 Å². The van der Waals surface area contributed by atoms with Crippen LogP contribution in [0.25, 0.3) is 0 Å². The highest BCUT2D eigenvalue weighted by Crippen LogP contribution is 2.39. The molecule has 2 rings (SSSR count). The van der Waals surface area contributed by atoms with E-state index >= 15 is 0 Å². The Labute approximate surface area is 140 Å². The maximum absolute atomic E-state index is 12.1. The Bertz CT molecular complexity index is 713. The van der Waals surface area contributed by atoms with Crippen molar-refractivity contribution in [2.45, 2.75) is 37.9 Å². The zero-order valence-corrected chi connectivity index (χ0v) is 14.9. The van der Waals surface area contributed by atoms with Gasteiger partial charge in [-0.05, 0) is 32.0 Å². The number of carbonyl (C=O) groups excluding carboxylic acids is 1. The van der Waals surface area contributed by atoms with Crippen LogP contribution in [0.1, 0.15) is 19.6 Å². The summed E-state index contributed by atoms with van der Waals surface area (Å²) in [5.74, 6) is -0.219. The first kappa shape index (κ1) is 18.9. The summed E-state index contributed by atoms with van der Waals surface area (Å²) in [6, 6.07) is 1.43. The fraction of sp³-hybridized carbons (Fsp3) is 0.600. The van der Waals surface area contributed by atoms with Gasteiger partial charge in [-0.3, -0.25) is 9.36 Å². The van der Waals surface area contributed by atoms with Gasteiger partial charge < -0.3 is 20.3 Å². The van der Waals surface area contributed by atoms with E-state index in [2.05, 4.69) is 29.9 Å². The molecule has 1 aromatic rings. The summed E-state index contributed by atoms with van der Waals surface area (Å²) in [6.45, 7) is 4.19. The first-order valence-electron chi connectivity index (χ1n) is 7.64. The zero-order valence-electron chi connectivity index (χ0n) is 14.0. The molecule has 0 aliphatic carbocycles. The molecule has 3 N–H and O–H groups in total. The molecule has 1 aromatic heterocycles. The van der Waals surface area contributed by atoms with Crippen LogP contribution < -0.4 is 11.0 Å². The van der Waals surface area contributed by atoms with E-state index in [4.69, 9.17) is 4.74 Å². The molecule has 1 fully saturated rings. The lowest BCUT2D eigenvalue weighted by Crippen LogP contribution is -2.35. The number of nitrogens with zero attached hydrogens (tertiary/aromatic N) is 2. The fourth-order valence-electron chi connectivity index (χ4n) is 2.53. The van der Waals surface area contributed by atoms with Crippen molar-refractivity contribution in [3.8, 4) is 0 Å². The van der Waals surface area contributed by atoms with Gasteiger partial charge in [-0.15, -0.1) is 13.2 Å². The Morgan fingerprint density at radius 3 is 2.67 bits per heavy atom. The molecule has 4 atom stereocenters. The number of aliphatic hydroxyl groups is 2. The van der Waals surface area contributed by atoms with Crippen molar-refractivity contribution in [2.75, 3.05) is 24.8 Å². The minimum absolute atomic E-state index is 0.122. The average molecular weight is 357 g/mol. The third-order valence-electron chi connectivity index (χ3n) is 3.76. The maximum atomic E-state index is 12.1. The molecule has 24 heavy (non-hydrogen) atoms. The van der Waals surface area contributed by atoms with Crippen molar-refractivity contribution in [2.24, 2.45) is 0 Å². The standard InChI is InChI=1S/C15H24N3O5P/c1-9(19)16-11-5-7-18(15(22)17-11)14-13(21)12(20)10(23-14)6-8-24(2,3)4/h5,7,10,12-14,20-21H,2,6,8H2,1,3-4H3,(H,16,17,19,22)/t10-,12-,13-,14-/m1/s1. The second-order valence-electron chi connectivity index (χ2n) is 6.68. The number of hydrogen-bond acceptors (Lipinski definition) is 6. The number of aliphatic hydroxyl groups excluding tert-OH is 2. The molecule has 0 aromatic carbocycles. The molecule has 0 radical (unpaired) electrons. The Morgan fingerprint density at radius 2 is 2.12 bits per heavy atom. The van der Waals surface area contributed by atoms with Gasteiger partial charge in [0.15, 0.2) is 6.23 Å². The monoisotopic (exact) mass is 357 g/mol. The summed E-state index contributed by atoms with van der Waals surface area (Å²) in [7, 11) is 0. The summed E-state index contributed by atoms with van der Waals surface area (Å²) in [4.78, 5) is 26.8. The number of rotatable bonds is 5. The highest BCUT2D eigenvalue weighted by molar-refractivity contribution is 7.72. The van der Waals surface area contributed by atoms with Gasteiger partial charge in [0.05, 0.1) is 6.10 Å². The van der Waals surface area contributed by atoms with E-state index in [0.29, 0.717) is 6.42 Å². The lowest BCUT2D eigenvalue weighted by molar-refractivity contribution is -0.114. The van der Waals surface area contributed by atoms with Crippen LogP contribution >= 0.6 is 6.89 Å². The molecular formula is C15H24N3O5P. The molecule has 8 nitrogen and oxygen atoms in total. The minimum atomic E-state index is -1.28. The number of hydrogen-bond donors (Lipinski definition) is 3. The van der Waals surface area contributed by atoms with Crippen LogP contribution in [0.4, 0.5) is 5.82 Å². The predicted molar refractivity (Wildman–Crippen MR) is 94.1 cm³/mol. The Balaban J connectivity index is 2.16. The summed E-state index contributed by atoms with van der Waals surface area (Å²) >= 11 is 0. The number of anilines is 1. The second kappa shape index (κ2) is 7.19. The van der Waals surface area contributed by atoms with Crippen molar-refractivity contribution < 1.29 is 19.7 Å².